The normalized spacial score (nSPS) is 10.3. The lowest BCUT2D eigenvalue weighted by atomic mass is 10.2. The van der Waals surface area contributed by atoms with Gasteiger partial charge in [-0.3, -0.25) is 9.59 Å². The molecule has 0 spiro atoms. The molecule has 0 aliphatic heterocycles. The number of rotatable bonds is 1. The highest BCUT2D eigenvalue weighted by atomic mass is 79.9. The number of nitrogens with one attached hydrogen (secondary N) is 2. The van der Waals surface area contributed by atoms with Crippen molar-refractivity contribution in [2.75, 3.05) is 0 Å². The van der Waals surface area contributed by atoms with Crippen molar-refractivity contribution in [3.8, 4) is 0 Å². The van der Waals surface area contributed by atoms with Gasteiger partial charge in [-0.15, -0.1) is 0 Å². The minimum absolute atomic E-state index is 0.0999. The van der Waals surface area contributed by atoms with E-state index in [0.717, 1.165) is 10.0 Å². The third kappa shape index (κ3) is 3.13. The van der Waals surface area contributed by atoms with Crippen molar-refractivity contribution in [1.29, 1.82) is 0 Å². The summed E-state index contributed by atoms with van der Waals surface area (Å²) in [7, 11) is 0. The summed E-state index contributed by atoms with van der Waals surface area (Å²) in [6.45, 7) is 4.00. The molecule has 18 heavy (non-hydrogen) atoms. The molecule has 0 aliphatic rings. The van der Waals surface area contributed by atoms with Crippen LogP contribution >= 0.6 is 47.8 Å². The summed E-state index contributed by atoms with van der Waals surface area (Å²) in [4.78, 5) is 27.6. The van der Waals surface area contributed by atoms with Gasteiger partial charge in [0.05, 0.1) is 14.8 Å². The average molecular weight is 443 g/mol. The van der Waals surface area contributed by atoms with Gasteiger partial charge in [0, 0.05) is 10.0 Å². The molecule has 0 unspecified atom stereocenters. The highest BCUT2D eigenvalue weighted by Crippen LogP contribution is 2.34. The molecule has 0 saturated carbocycles. The van der Waals surface area contributed by atoms with Crippen molar-refractivity contribution < 1.29 is 0 Å². The van der Waals surface area contributed by atoms with Crippen LogP contribution in [0.3, 0.4) is 0 Å². The molecule has 4 nitrogen and oxygen atoms in total. The number of fused-ring (bicyclic) bond motifs is 1. The molecule has 2 aromatic rings. The third-order valence-electron chi connectivity index (χ3n) is 2.11. The van der Waals surface area contributed by atoms with Crippen LogP contribution < -0.4 is 11.1 Å². The van der Waals surface area contributed by atoms with E-state index in [-0.39, 0.29) is 3.74 Å². The second kappa shape index (κ2) is 6.68. The lowest BCUT2D eigenvalue weighted by Gasteiger charge is -2.07. The molecule has 0 fully saturated rings. The van der Waals surface area contributed by atoms with Gasteiger partial charge >= 0.3 is 11.1 Å². The highest BCUT2D eigenvalue weighted by molar-refractivity contribution is 9.24. The summed E-state index contributed by atoms with van der Waals surface area (Å²) in [5, 5.41) is 0. The lowest BCUT2D eigenvalue weighted by Crippen LogP contribution is -2.29. The number of benzene rings is 1. The number of hydrogen-bond donors (Lipinski definition) is 2. The summed E-state index contributed by atoms with van der Waals surface area (Å²) >= 11 is 10.0. The molecule has 0 amide bonds. The molecule has 1 heterocycles. The van der Waals surface area contributed by atoms with Crippen LogP contribution in [0.5, 0.6) is 0 Å². The maximum absolute atomic E-state index is 11.3. The van der Waals surface area contributed by atoms with E-state index in [1.165, 1.54) is 0 Å². The Kier molecular flexibility index (Phi) is 5.81. The fourth-order valence-electron chi connectivity index (χ4n) is 1.37. The van der Waals surface area contributed by atoms with E-state index in [2.05, 4.69) is 57.8 Å². The second-order valence-corrected chi connectivity index (χ2v) is 7.01. The van der Waals surface area contributed by atoms with Gasteiger partial charge in [-0.25, -0.2) is 0 Å². The van der Waals surface area contributed by atoms with Crippen molar-refractivity contribution in [1.82, 2.24) is 9.97 Å². The molecule has 0 radical (unpaired) electrons. The van der Waals surface area contributed by atoms with Crippen LogP contribution in [-0.4, -0.2) is 9.97 Å². The van der Waals surface area contributed by atoms with Crippen LogP contribution in [0.2, 0.25) is 0 Å². The standard InChI is InChI=1S/C9H5Br3N2O2.C2H6/c10-4-2-1-3(7(11)12)5-6(4)14-9(16)8(15)13-5;1-2/h1-2,7H,(H,13,15)(H,14,16);1-2H3. The molecule has 1 aromatic heterocycles. The SMILES string of the molecule is CC.O=c1[nH]c2c(Br)ccc(C(Br)Br)c2[nH]c1=O. The lowest BCUT2D eigenvalue weighted by molar-refractivity contribution is 1.13. The maximum Gasteiger partial charge on any atom is 0.314 e. The average Bonchev–Trinajstić information content (AvgIpc) is 2.34. The Bertz CT molecular complexity index is 661. The van der Waals surface area contributed by atoms with Crippen molar-refractivity contribution in [2.24, 2.45) is 0 Å². The van der Waals surface area contributed by atoms with E-state index in [4.69, 9.17) is 0 Å². The predicted octanol–water partition coefficient (Wildman–Crippen LogP) is 3.79. The number of alkyl halides is 2. The van der Waals surface area contributed by atoms with Crippen molar-refractivity contribution in [3.05, 3.63) is 42.9 Å². The van der Waals surface area contributed by atoms with Gasteiger partial charge < -0.3 is 9.97 Å². The molecule has 1 aromatic carbocycles. The number of aromatic nitrogens is 2. The van der Waals surface area contributed by atoms with E-state index in [0.29, 0.717) is 11.0 Å². The Hall–Kier alpha value is -0.400. The third-order valence-corrected chi connectivity index (χ3v) is 3.75. The number of H-pyrrole nitrogens is 2. The van der Waals surface area contributed by atoms with E-state index >= 15 is 0 Å². The predicted molar refractivity (Wildman–Crippen MR) is 84.8 cm³/mol. The van der Waals surface area contributed by atoms with Crippen LogP contribution in [0.25, 0.3) is 11.0 Å². The molecule has 0 aliphatic carbocycles. The largest absolute Gasteiger partial charge is 0.316 e. The highest BCUT2D eigenvalue weighted by Gasteiger charge is 2.12. The molecule has 7 heteroatoms. The smallest absolute Gasteiger partial charge is 0.314 e. The van der Waals surface area contributed by atoms with Crippen LogP contribution in [0.15, 0.2) is 26.2 Å². The van der Waals surface area contributed by atoms with Crippen molar-refractivity contribution >= 4 is 58.8 Å². The zero-order valence-corrected chi connectivity index (χ0v) is 14.4. The van der Waals surface area contributed by atoms with Gasteiger partial charge in [0.25, 0.3) is 0 Å². The van der Waals surface area contributed by atoms with Crippen LogP contribution in [-0.2, 0) is 0 Å². The Morgan fingerprint density at radius 3 is 2.00 bits per heavy atom. The first-order valence-corrected chi connectivity index (χ1v) is 7.86. The fourth-order valence-corrected chi connectivity index (χ4v) is 2.57. The maximum atomic E-state index is 11.3. The molecule has 2 rings (SSSR count). The first-order chi connectivity index (χ1) is 8.50. The Labute approximate surface area is 129 Å². The fraction of sp³-hybridized carbons (Fsp3) is 0.273. The topological polar surface area (TPSA) is 65.7 Å². The van der Waals surface area contributed by atoms with Gasteiger partial charge in [0.15, 0.2) is 0 Å². The summed E-state index contributed by atoms with van der Waals surface area (Å²) in [6, 6.07) is 3.65. The van der Waals surface area contributed by atoms with Gasteiger partial charge in [0.2, 0.25) is 0 Å². The Balaban J connectivity index is 0.000000771. The van der Waals surface area contributed by atoms with E-state index in [9.17, 15) is 9.59 Å². The van der Waals surface area contributed by atoms with E-state index < -0.39 is 11.1 Å². The number of halogens is 3. The summed E-state index contributed by atoms with van der Waals surface area (Å²) in [6.07, 6.45) is 0. The number of hydrogen-bond acceptors (Lipinski definition) is 2. The minimum Gasteiger partial charge on any atom is -0.316 e. The summed E-state index contributed by atoms with van der Waals surface area (Å²) < 4.78 is 0.623. The number of aromatic amines is 2. The monoisotopic (exact) mass is 440 g/mol. The second-order valence-electron chi connectivity index (χ2n) is 3.10. The molecular weight excluding hydrogens is 432 g/mol. The first kappa shape index (κ1) is 15.7. The van der Waals surface area contributed by atoms with Crippen LogP contribution in [0, 0.1) is 0 Å². The van der Waals surface area contributed by atoms with Gasteiger partial charge in [0.1, 0.15) is 0 Å². The Morgan fingerprint density at radius 1 is 1.00 bits per heavy atom. The van der Waals surface area contributed by atoms with Gasteiger partial charge in [-0.05, 0) is 22.0 Å². The Morgan fingerprint density at radius 2 is 1.50 bits per heavy atom. The van der Waals surface area contributed by atoms with E-state index in [1.807, 2.05) is 19.9 Å². The molecule has 0 bridgehead atoms. The van der Waals surface area contributed by atoms with Crippen LogP contribution in [0.1, 0.15) is 23.1 Å². The summed E-state index contributed by atoms with van der Waals surface area (Å²) in [5.41, 5.74) is 0.689. The zero-order chi connectivity index (χ0) is 13.9. The zero-order valence-electron chi connectivity index (χ0n) is 9.68. The molecular formula is C11H11Br3N2O2. The van der Waals surface area contributed by atoms with Gasteiger partial charge in [-0.2, -0.15) is 0 Å². The minimum atomic E-state index is -0.661. The van der Waals surface area contributed by atoms with Crippen LogP contribution in [0.4, 0.5) is 0 Å². The van der Waals surface area contributed by atoms with Crippen molar-refractivity contribution in [3.63, 3.8) is 0 Å². The van der Waals surface area contributed by atoms with Crippen molar-refractivity contribution in [2.45, 2.75) is 17.6 Å². The molecule has 2 N–H and O–H groups in total. The summed E-state index contributed by atoms with van der Waals surface area (Å²) in [5.74, 6) is 0. The molecule has 0 atom stereocenters. The van der Waals surface area contributed by atoms with E-state index in [1.54, 1.807) is 6.07 Å². The first-order valence-electron chi connectivity index (χ1n) is 5.23. The molecule has 98 valence electrons. The quantitative estimate of drug-likeness (QED) is 0.521. The molecule has 0 saturated heterocycles. The van der Waals surface area contributed by atoms with Gasteiger partial charge in [-0.1, -0.05) is 51.8 Å².